The molecule has 0 fully saturated rings. The van der Waals surface area contributed by atoms with Crippen LogP contribution < -0.4 is 5.32 Å². The summed E-state index contributed by atoms with van der Waals surface area (Å²) >= 11 is 0. The van der Waals surface area contributed by atoms with Gasteiger partial charge in [-0.25, -0.2) is 4.57 Å². The predicted molar refractivity (Wildman–Crippen MR) is 345 cm³/mol. The average molecular weight is 1120 g/mol. The number of aliphatic hydroxyl groups is 1. The molecule has 452 valence electrons. The van der Waals surface area contributed by atoms with Crippen LogP contribution in [0.15, 0.2) is 134 Å². The van der Waals surface area contributed by atoms with Crippen molar-refractivity contribution in [2.24, 2.45) is 0 Å². The van der Waals surface area contributed by atoms with Gasteiger partial charge in [0.25, 0.3) is 0 Å². The molecule has 3 atom stereocenters. The number of rotatable bonds is 57. The molecule has 3 unspecified atom stereocenters. The highest BCUT2D eigenvalue weighted by Gasteiger charge is 2.27. The van der Waals surface area contributed by atoms with Crippen LogP contribution in [0.3, 0.4) is 0 Å². The van der Waals surface area contributed by atoms with Gasteiger partial charge in [-0.15, -0.1) is 0 Å². The van der Waals surface area contributed by atoms with E-state index in [9.17, 15) is 19.4 Å². The zero-order valence-corrected chi connectivity index (χ0v) is 52.5. The molecule has 0 aliphatic carbocycles. The van der Waals surface area contributed by atoms with Gasteiger partial charge in [0.1, 0.15) is 13.2 Å². The summed E-state index contributed by atoms with van der Waals surface area (Å²) in [5.41, 5.74) is 0. The molecule has 0 bridgehead atoms. The summed E-state index contributed by atoms with van der Waals surface area (Å²) in [6, 6.07) is -0.877. The maximum Gasteiger partial charge on any atom is 0.472 e. The summed E-state index contributed by atoms with van der Waals surface area (Å²) in [5.74, 6) is -0.197. The molecule has 0 saturated heterocycles. The van der Waals surface area contributed by atoms with E-state index < -0.39 is 20.0 Å². The molecular weight excluding hydrogens is 996 g/mol. The van der Waals surface area contributed by atoms with E-state index in [0.717, 1.165) is 103 Å². The highest BCUT2D eigenvalue weighted by atomic mass is 31.2. The summed E-state index contributed by atoms with van der Waals surface area (Å²) in [4.78, 5) is 23.4. The number of likely N-dealkylation sites (N-methyl/N-ethyl adjacent to an activating group) is 1. The SMILES string of the molecule is CC/C=C\C/C=C\C/C=C\C/C=C\C/C=C\C/C=C\C/C=C\C/C=C\C/C=C\CCCCCCCCCCCC(=O)NC(COP(=O)(O)OCC[N+](C)(C)C)C(O)/C=C/CC/C=C/CCCCCCCCCCCCCCCC. The minimum Gasteiger partial charge on any atom is -0.387 e. The van der Waals surface area contributed by atoms with Gasteiger partial charge in [0.05, 0.1) is 39.9 Å². The second-order valence-corrected chi connectivity index (χ2v) is 23.8. The normalized spacial score (nSPS) is 14.7. The molecule has 0 spiro atoms. The quantitative estimate of drug-likeness (QED) is 0.0243. The number of phosphoric acid groups is 1. The van der Waals surface area contributed by atoms with E-state index in [4.69, 9.17) is 9.05 Å². The summed E-state index contributed by atoms with van der Waals surface area (Å²) in [6.45, 7) is 4.68. The number of carbonyl (C=O) groups excluding carboxylic acids is 1. The number of nitrogens with zero attached hydrogens (tertiary/aromatic N) is 1. The fourth-order valence-electron chi connectivity index (χ4n) is 8.64. The minimum absolute atomic E-state index is 0.0487. The van der Waals surface area contributed by atoms with Gasteiger partial charge in [0.15, 0.2) is 0 Å². The predicted octanol–water partition coefficient (Wildman–Crippen LogP) is 20.3. The maximum atomic E-state index is 13.0. The highest BCUT2D eigenvalue weighted by Crippen LogP contribution is 2.43. The second-order valence-electron chi connectivity index (χ2n) is 22.4. The molecule has 0 aliphatic rings. The topological polar surface area (TPSA) is 105 Å². The molecular formula is C70H122N2O6P+. The molecule has 0 aromatic carbocycles. The Kier molecular flexibility index (Phi) is 56.7. The van der Waals surface area contributed by atoms with Crippen molar-refractivity contribution in [2.75, 3.05) is 40.9 Å². The van der Waals surface area contributed by atoms with Crippen LogP contribution in [0.4, 0.5) is 0 Å². The van der Waals surface area contributed by atoms with Gasteiger partial charge >= 0.3 is 7.82 Å². The molecule has 0 aromatic heterocycles. The van der Waals surface area contributed by atoms with Crippen molar-refractivity contribution < 1.29 is 32.9 Å². The number of unbranched alkanes of at least 4 members (excludes halogenated alkanes) is 24. The summed E-state index contributed by atoms with van der Waals surface area (Å²) in [5, 5.41) is 13.9. The van der Waals surface area contributed by atoms with Gasteiger partial charge < -0.3 is 19.8 Å². The molecule has 0 rings (SSSR count). The molecule has 79 heavy (non-hydrogen) atoms. The first-order valence-electron chi connectivity index (χ1n) is 32.1. The van der Waals surface area contributed by atoms with Crippen molar-refractivity contribution in [3.63, 3.8) is 0 Å². The molecule has 3 N–H and O–H groups in total. The van der Waals surface area contributed by atoms with Gasteiger partial charge in [-0.1, -0.05) is 276 Å². The van der Waals surface area contributed by atoms with Crippen LogP contribution in [0.2, 0.25) is 0 Å². The second kappa shape index (κ2) is 59.3. The number of allylic oxidation sites excluding steroid dienone is 21. The van der Waals surface area contributed by atoms with Crippen LogP contribution in [0.5, 0.6) is 0 Å². The van der Waals surface area contributed by atoms with Gasteiger partial charge in [0.2, 0.25) is 5.91 Å². The summed E-state index contributed by atoms with van der Waals surface area (Å²) in [6.07, 6.45) is 90.0. The average Bonchev–Trinajstić information content (AvgIpc) is 3.42. The Hall–Kier alpha value is -3.36. The number of quaternary nitrogens is 1. The largest absolute Gasteiger partial charge is 0.472 e. The van der Waals surface area contributed by atoms with E-state index in [1.165, 1.54) is 128 Å². The maximum absolute atomic E-state index is 13.0. The van der Waals surface area contributed by atoms with Crippen molar-refractivity contribution >= 4 is 13.7 Å². The van der Waals surface area contributed by atoms with Crippen molar-refractivity contribution in [2.45, 2.75) is 264 Å². The van der Waals surface area contributed by atoms with Crippen LogP contribution in [0.25, 0.3) is 0 Å². The minimum atomic E-state index is -4.37. The van der Waals surface area contributed by atoms with E-state index in [1.807, 2.05) is 27.2 Å². The van der Waals surface area contributed by atoms with Gasteiger partial charge in [-0.3, -0.25) is 13.8 Å². The fraction of sp³-hybridized carbons (Fsp3) is 0.671. The van der Waals surface area contributed by atoms with Crippen LogP contribution in [0, 0.1) is 0 Å². The number of amides is 1. The molecule has 1 amide bonds. The Morgan fingerprint density at radius 1 is 0.443 bits per heavy atom. The molecule has 0 radical (unpaired) electrons. The molecule has 0 aliphatic heterocycles. The van der Waals surface area contributed by atoms with Crippen molar-refractivity contribution in [3.8, 4) is 0 Å². The van der Waals surface area contributed by atoms with Gasteiger partial charge in [-0.05, 0) is 103 Å². The monoisotopic (exact) mass is 1120 g/mol. The third kappa shape index (κ3) is 62.1. The van der Waals surface area contributed by atoms with Gasteiger partial charge in [-0.2, -0.15) is 0 Å². The Balaban J connectivity index is 4.20. The van der Waals surface area contributed by atoms with Crippen molar-refractivity contribution in [3.05, 3.63) is 134 Å². The summed E-state index contributed by atoms with van der Waals surface area (Å²) < 4.78 is 23.7. The van der Waals surface area contributed by atoms with Crippen LogP contribution >= 0.6 is 7.82 Å². The fourth-order valence-corrected chi connectivity index (χ4v) is 9.37. The van der Waals surface area contributed by atoms with E-state index in [1.54, 1.807) is 6.08 Å². The van der Waals surface area contributed by atoms with Crippen LogP contribution in [-0.4, -0.2) is 73.4 Å². The first-order chi connectivity index (χ1) is 38.5. The molecule has 9 heteroatoms. The number of carbonyl (C=O) groups is 1. The third-order valence-corrected chi connectivity index (χ3v) is 14.6. The summed E-state index contributed by atoms with van der Waals surface area (Å²) in [7, 11) is 1.54. The number of nitrogens with one attached hydrogen (secondary N) is 1. The van der Waals surface area contributed by atoms with Crippen LogP contribution in [0.1, 0.15) is 251 Å². The van der Waals surface area contributed by atoms with E-state index in [2.05, 4.69) is 141 Å². The first kappa shape index (κ1) is 75.6. The zero-order chi connectivity index (χ0) is 57.7. The number of hydrogen-bond acceptors (Lipinski definition) is 5. The molecule has 0 heterocycles. The van der Waals surface area contributed by atoms with Crippen molar-refractivity contribution in [1.82, 2.24) is 5.32 Å². The third-order valence-electron chi connectivity index (χ3n) is 13.6. The highest BCUT2D eigenvalue weighted by molar-refractivity contribution is 7.47. The van der Waals surface area contributed by atoms with E-state index in [0.29, 0.717) is 17.4 Å². The van der Waals surface area contributed by atoms with E-state index in [-0.39, 0.29) is 19.1 Å². The Morgan fingerprint density at radius 3 is 1.16 bits per heavy atom. The lowest BCUT2D eigenvalue weighted by atomic mass is 10.0. The van der Waals surface area contributed by atoms with Crippen LogP contribution in [-0.2, 0) is 18.4 Å². The lowest BCUT2D eigenvalue weighted by Crippen LogP contribution is -2.45. The molecule has 0 saturated carbocycles. The van der Waals surface area contributed by atoms with Crippen molar-refractivity contribution in [1.29, 1.82) is 0 Å². The number of hydrogen-bond donors (Lipinski definition) is 3. The number of phosphoric ester groups is 1. The Labute approximate surface area is 487 Å². The lowest BCUT2D eigenvalue weighted by molar-refractivity contribution is -0.870. The Bertz CT molecular complexity index is 1750. The van der Waals surface area contributed by atoms with Gasteiger partial charge in [0, 0.05) is 6.42 Å². The standard InChI is InChI=1S/C70H121N2O6P/c1-6-8-10-12-14-16-18-20-22-24-26-28-29-30-31-32-33-34-35-36-37-38-39-40-41-42-43-44-46-48-50-52-54-56-58-60-62-64-70(74)71-68(67-78-79(75,76)77-66-65-72(3,4)5)69(73)63-61-59-57-55-53-51-49-47-45-27-25-23-21-19-17-15-13-11-9-7-2/h8,10,14,16,20,22,26,28,30-31,33-34,36-37,39-40,42-43,53,55,61,63,68-69,73H,6-7,9,11-13,15,17-19,21,23-25,27,29,32,35,38,41,44-52,54,56-60,62,64-67H2,1-5H3,(H-,71,74,75,76)/p+1/b10-8-,16-14-,22-20-,28-26-,31-30-,34-33-,37-36-,40-39-,43-42-,55-53+,63-61+. The number of aliphatic hydroxyl groups excluding tert-OH is 1. The molecule has 0 aromatic rings. The van der Waals surface area contributed by atoms with E-state index >= 15 is 0 Å². The molecule has 8 nitrogen and oxygen atoms in total. The Morgan fingerprint density at radius 2 is 0.772 bits per heavy atom. The first-order valence-corrected chi connectivity index (χ1v) is 33.6. The zero-order valence-electron chi connectivity index (χ0n) is 51.6. The lowest BCUT2D eigenvalue weighted by Gasteiger charge is -2.25. The smallest absolute Gasteiger partial charge is 0.387 e.